The maximum absolute atomic E-state index is 13.4. The number of fused-ring (bicyclic) bond motifs is 1. The molecule has 0 N–H and O–H groups in total. The number of anilines is 1. The highest BCUT2D eigenvalue weighted by atomic mass is 35.5. The molecule has 6 nitrogen and oxygen atoms in total. The lowest BCUT2D eigenvalue weighted by Crippen LogP contribution is -2.43. The Balaban J connectivity index is 1.64. The second kappa shape index (κ2) is 8.21. The van der Waals surface area contributed by atoms with Crippen LogP contribution in [0.15, 0.2) is 28.7 Å². The van der Waals surface area contributed by atoms with Crippen LogP contribution in [0.4, 0.5) is 5.13 Å². The Hall–Kier alpha value is -1.93. The molecular formula is C20H22ClN3O3S. The third-order valence-corrected chi connectivity index (χ3v) is 6.11. The van der Waals surface area contributed by atoms with Gasteiger partial charge in [0.15, 0.2) is 5.13 Å². The number of carbonyl (C=O) groups excluding carboxylic acids is 1. The van der Waals surface area contributed by atoms with Gasteiger partial charge in [-0.1, -0.05) is 22.9 Å². The van der Waals surface area contributed by atoms with Crippen molar-refractivity contribution < 1.29 is 13.9 Å². The van der Waals surface area contributed by atoms with E-state index in [0.29, 0.717) is 28.0 Å². The summed E-state index contributed by atoms with van der Waals surface area (Å²) in [5.41, 5.74) is 1.42. The number of aromatic nitrogens is 1. The van der Waals surface area contributed by atoms with Crippen molar-refractivity contribution in [3.05, 3.63) is 46.4 Å². The minimum absolute atomic E-state index is 0.0900. The lowest BCUT2D eigenvalue weighted by molar-refractivity contribution is 0.0391. The molecule has 3 heterocycles. The van der Waals surface area contributed by atoms with Gasteiger partial charge in [-0.05, 0) is 38.1 Å². The van der Waals surface area contributed by atoms with E-state index in [2.05, 4.69) is 4.90 Å². The van der Waals surface area contributed by atoms with E-state index in [9.17, 15) is 4.79 Å². The summed E-state index contributed by atoms with van der Waals surface area (Å²) in [7, 11) is 0. The Labute approximate surface area is 172 Å². The summed E-state index contributed by atoms with van der Waals surface area (Å²) in [5, 5.41) is 1.34. The van der Waals surface area contributed by atoms with Gasteiger partial charge in [-0.2, -0.15) is 0 Å². The number of amides is 1. The largest absolute Gasteiger partial charge is 0.466 e. The van der Waals surface area contributed by atoms with Crippen molar-refractivity contribution in [1.82, 2.24) is 9.88 Å². The van der Waals surface area contributed by atoms with Crippen molar-refractivity contribution in [3.8, 4) is 0 Å². The lowest BCUT2D eigenvalue weighted by atomic mass is 10.2. The fourth-order valence-corrected chi connectivity index (χ4v) is 4.61. The summed E-state index contributed by atoms with van der Waals surface area (Å²) < 4.78 is 12.0. The minimum atomic E-state index is -0.0900. The van der Waals surface area contributed by atoms with E-state index in [0.717, 1.165) is 48.8 Å². The number of morpholine rings is 1. The number of hydrogen-bond acceptors (Lipinski definition) is 6. The maximum Gasteiger partial charge on any atom is 0.263 e. The predicted molar refractivity (Wildman–Crippen MR) is 112 cm³/mol. The van der Waals surface area contributed by atoms with E-state index >= 15 is 0 Å². The van der Waals surface area contributed by atoms with Crippen LogP contribution in [0.3, 0.4) is 0 Å². The molecular weight excluding hydrogens is 398 g/mol. The molecule has 1 fully saturated rings. The number of halogens is 1. The number of hydrogen-bond donors (Lipinski definition) is 0. The standard InChI is InChI=1S/C20H22ClN3O3S/c1-13-11-16(14(2)27-13)19(25)24(6-5-23-7-9-26-10-8-23)20-22-17-4-3-15(21)12-18(17)28-20/h3-4,11-12H,5-10H2,1-2H3. The van der Waals surface area contributed by atoms with Gasteiger partial charge in [0, 0.05) is 31.2 Å². The molecule has 1 aliphatic heterocycles. The average Bonchev–Trinajstić information content (AvgIpc) is 3.24. The molecule has 4 rings (SSSR count). The van der Waals surface area contributed by atoms with E-state index in [1.807, 2.05) is 32.0 Å². The molecule has 0 radical (unpaired) electrons. The van der Waals surface area contributed by atoms with Crippen molar-refractivity contribution >= 4 is 44.2 Å². The number of thiazole rings is 1. The Bertz CT molecular complexity index is 994. The molecule has 28 heavy (non-hydrogen) atoms. The molecule has 1 amide bonds. The third-order valence-electron chi connectivity index (χ3n) is 4.83. The molecule has 8 heteroatoms. The van der Waals surface area contributed by atoms with Crippen LogP contribution in [0, 0.1) is 13.8 Å². The number of furan rings is 1. The summed E-state index contributed by atoms with van der Waals surface area (Å²) in [5.74, 6) is 1.26. The summed E-state index contributed by atoms with van der Waals surface area (Å²) >= 11 is 7.60. The van der Waals surface area contributed by atoms with E-state index in [1.54, 1.807) is 11.0 Å². The van der Waals surface area contributed by atoms with Crippen LogP contribution in [0.5, 0.6) is 0 Å². The van der Waals surface area contributed by atoms with Gasteiger partial charge in [-0.15, -0.1) is 0 Å². The van der Waals surface area contributed by atoms with Crippen molar-refractivity contribution in [3.63, 3.8) is 0 Å². The van der Waals surface area contributed by atoms with Crippen LogP contribution < -0.4 is 4.90 Å². The SMILES string of the molecule is Cc1cc(C(=O)N(CCN2CCOCC2)c2nc3ccc(Cl)cc3s2)c(C)o1. The molecule has 0 saturated carbocycles. The zero-order valence-electron chi connectivity index (χ0n) is 15.9. The fraction of sp³-hybridized carbons (Fsp3) is 0.400. The van der Waals surface area contributed by atoms with Gasteiger partial charge >= 0.3 is 0 Å². The highest BCUT2D eigenvalue weighted by molar-refractivity contribution is 7.22. The van der Waals surface area contributed by atoms with E-state index in [4.69, 9.17) is 25.7 Å². The van der Waals surface area contributed by atoms with E-state index in [-0.39, 0.29) is 5.91 Å². The average molecular weight is 420 g/mol. The summed E-state index contributed by atoms with van der Waals surface area (Å²) in [4.78, 5) is 22.1. The third kappa shape index (κ3) is 4.07. The number of aryl methyl sites for hydroxylation is 2. The molecule has 1 aromatic carbocycles. The number of nitrogens with zero attached hydrogens (tertiary/aromatic N) is 3. The minimum Gasteiger partial charge on any atom is -0.466 e. The van der Waals surface area contributed by atoms with Gasteiger partial charge < -0.3 is 9.15 Å². The van der Waals surface area contributed by atoms with Crippen LogP contribution in [0.2, 0.25) is 5.02 Å². The van der Waals surface area contributed by atoms with Crippen LogP contribution in [0.25, 0.3) is 10.2 Å². The van der Waals surface area contributed by atoms with Crippen LogP contribution >= 0.6 is 22.9 Å². The van der Waals surface area contributed by atoms with Crippen molar-refractivity contribution in [2.24, 2.45) is 0 Å². The molecule has 0 bridgehead atoms. The predicted octanol–water partition coefficient (Wildman–Crippen LogP) is 4.14. The Morgan fingerprint density at radius 2 is 2.07 bits per heavy atom. The zero-order valence-corrected chi connectivity index (χ0v) is 17.5. The van der Waals surface area contributed by atoms with Crippen molar-refractivity contribution in [2.45, 2.75) is 13.8 Å². The molecule has 3 aromatic rings. The van der Waals surface area contributed by atoms with Crippen LogP contribution in [-0.4, -0.2) is 55.2 Å². The first-order valence-electron chi connectivity index (χ1n) is 9.26. The summed E-state index contributed by atoms with van der Waals surface area (Å²) in [6, 6.07) is 7.38. The summed E-state index contributed by atoms with van der Waals surface area (Å²) in [6.07, 6.45) is 0. The van der Waals surface area contributed by atoms with Crippen molar-refractivity contribution in [2.75, 3.05) is 44.3 Å². The first-order chi connectivity index (χ1) is 13.5. The molecule has 148 valence electrons. The Morgan fingerprint density at radius 3 is 2.79 bits per heavy atom. The van der Waals surface area contributed by atoms with E-state index < -0.39 is 0 Å². The van der Waals surface area contributed by atoms with Crippen LogP contribution in [0.1, 0.15) is 21.9 Å². The van der Waals surface area contributed by atoms with Gasteiger partial charge in [0.05, 0.1) is 29.0 Å². The molecule has 1 saturated heterocycles. The van der Waals surface area contributed by atoms with E-state index in [1.165, 1.54) is 11.3 Å². The molecule has 0 atom stereocenters. The van der Waals surface area contributed by atoms with Gasteiger partial charge in [0.2, 0.25) is 0 Å². The first-order valence-corrected chi connectivity index (χ1v) is 10.5. The van der Waals surface area contributed by atoms with Gasteiger partial charge in [-0.25, -0.2) is 4.98 Å². The second-order valence-electron chi connectivity index (χ2n) is 6.85. The van der Waals surface area contributed by atoms with Gasteiger partial charge in [0.25, 0.3) is 5.91 Å². The maximum atomic E-state index is 13.4. The van der Waals surface area contributed by atoms with Gasteiger partial charge in [0.1, 0.15) is 11.5 Å². The molecule has 2 aromatic heterocycles. The fourth-order valence-electron chi connectivity index (χ4n) is 3.34. The van der Waals surface area contributed by atoms with Crippen LogP contribution in [-0.2, 0) is 4.74 Å². The zero-order chi connectivity index (χ0) is 19.7. The number of benzene rings is 1. The first kappa shape index (κ1) is 19.4. The molecule has 0 unspecified atom stereocenters. The summed E-state index contributed by atoms with van der Waals surface area (Å²) in [6.45, 7) is 8.20. The highest BCUT2D eigenvalue weighted by Gasteiger charge is 2.25. The van der Waals surface area contributed by atoms with Crippen molar-refractivity contribution in [1.29, 1.82) is 0 Å². The number of rotatable bonds is 5. The topological polar surface area (TPSA) is 58.8 Å². The number of ether oxygens (including phenoxy) is 1. The molecule has 1 aliphatic rings. The molecule has 0 aliphatic carbocycles. The lowest BCUT2D eigenvalue weighted by Gasteiger charge is -2.29. The normalized spacial score (nSPS) is 15.2. The Morgan fingerprint density at radius 1 is 1.29 bits per heavy atom. The quantitative estimate of drug-likeness (QED) is 0.622. The highest BCUT2D eigenvalue weighted by Crippen LogP contribution is 2.32. The smallest absolute Gasteiger partial charge is 0.263 e. The Kier molecular flexibility index (Phi) is 5.68. The van der Waals surface area contributed by atoms with Gasteiger partial charge in [-0.3, -0.25) is 14.6 Å². The molecule has 0 spiro atoms. The number of carbonyl (C=O) groups is 1. The second-order valence-corrected chi connectivity index (χ2v) is 8.29. The monoisotopic (exact) mass is 419 g/mol.